The van der Waals surface area contributed by atoms with Gasteiger partial charge in [0.15, 0.2) is 5.03 Å². The van der Waals surface area contributed by atoms with Crippen molar-refractivity contribution in [3.63, 3.8) is 0 Å². The number of aromatic amines is 1. The number of sulfonamides is 1. The molecule has 0 radical (unpaired) electrons. The highest BCUT2D eigenvalue weighted by Crippen LogP contribution is 2.38. The standard InChI is InChI=1S/C26H27N5O4S/c1-17-13-16-31(26(17,2)3)24-19(7-6-14-28-24)25(32)30-36(33,34)23-11-5-10-22(29-23)35-21-9-4-8-20-18(21)12-15-27-20/h4-12,14-15,17,27H,13,16H2,1-3H3,(H,30,32). The summed E-state index contributed by atoms with van der Waals surface area (Å²) in [5.74, 6) is 0.710. The summed E-state index contributed by atoms with van der Waals surface area (Å²) in [5, 5.41) is 0.513. The van der Waals surface area contributed by atoms with E-state index in [1.165, 1.54) is 12.1 Å². The van der Waals surface area contributed by atoms with E-state index in [0.29, 0.717) is 17.5 Å². The Balaban J connectivity index is 1.40. The number of carbonyl (C=O) groups is 1. The SMILES string of the molecule is CC1CCN(c2ncccc2C(=O)NS(=O)(=O)c2cccc(Oc3cccc4[nH]ccc34)n2)C1(C)C. The molecule has 1 aliphatic heterocycles. The number of amides is 1. The van der Waals surface area contributed by atoms with Gasteiger partial charge in [-0.2, -0.15) is 13.4 Å². The third kappa shape index (κ3) is 4.28. The molecule has 4 heterocycles. The average Bonchev–Trinajstić information content (AvgIpc) is 3.44. The molecule has 0 bridgehead atoms. The van der Waals surface area contributed by atoms with Gasteiger partial charge in [0.1, 0.15) is 11.6 Å². The Hall–Kier alpha value is -3.92. The fraction of sp³-hybridized carbons (Fsp3) is 0.269. The molecule has 1 atom stereocenters. The molecule has 9 nitrogen and oxygen atoms in total. The Morgan fingerprint density at radius 2 is 1.94 bits per heavy atom. The van der Waals surface area contributed by atoms with Crippen molar-refractivity contribution in [2.75, 3.05) is 11.4 Å². The summed E-state index contributed by atoms with van der Waals surface area (Å²) < 4.78 is 34.3. The van der Waals surface area contributed by atoms with Gasteiger partial charge in [-0.15, -0.1) is 0 Å². The zero-order chi connectivity index (χ0) is 25.5. The molecule has 2 N–H and O–H groups in total. The molecular weight excluding hydrogens is 478 g/mol. The third-order valence-electron chi connectivity index (χ3n) is 6.94. The van der Waals surface area contributed by atoms with Gasteiger partial charge in [0, 0.05) is 41.4 Å². The van der Waals surface area contributed by atoms with Crippen molar-refractivity contribution in [1.82, 2.24) is 19.7 Å². The van der Waals surface area contributed by atoms with Crippen molar-refractivity contribution in [3.8, 4) is 11.6 Å². The highest BCUT2D eigenvalue weighted by molar-refractivity contribution is 7.90. The molecule has 186 valence electrons. The van der Waals surface area contributed by atoms with E-state index in [-0.39, 0.29) is 22.0 Å². The lowest BCUT2D eigenvalue weighted by Crippen LogP contribution is -2.43. The second-order valence-corrected chi connectivity index (χ2v) is 11.0. The minimum Gasteiger partial charge on any atom is -0.438 e. The van der Waals surface area contributed by atoms with Crippen LogP contribution in [0.25, 0.3) is 10.9 Å². The molecule has 36 heavy (non-hydrogen) atoms. The number of ether oxygens (including phenoxy) is 1. The first-order valence-electron chi connectivity index (χ1n) is 11.7. The molecule has 1 aromatic carbocycles. The highest BCUT2D eigenvalue weighted by Gasteiger charge is 2.40. The number of aromatic nitrogens is 3. The molecule has 0 saturated carbocycles. The first-order chi connectivity index (χ1) is 17.2. The van der Waals surface area contributed by atoms with Crippen LogP contribution in [0, 0.1) is 5.92 Å². The summed E-state index contributed by atoms with van der Waals surface area (Å²) in [7, 11) is -4.28. The van der Waals surface area contributed by atoms with E-state index in [1.54, 1.807) is 36.7 Å². The van der Waals surface area contributed by atoms with Gasteiger partial charge in [0.05, 0.1) is 5.56 Å². The number of rotatable bonds is 6. The Bertz CT molecular complexity index is 1550. The smallest absolute Gasteiger partial charge is 0.281 e. The van der Waals surface area contributed by atoms with Crippen LogP contribution in [0.2, 0.25) is 0 Å². The fourth-order valence-electron chi connectivity index (χ4n) is 4.49. The maximum absolute atomic E-state index is 13.2. The van der Waals surface area contributed by atoms with Gasteiger partial charge in [-0.1, -0.05) is 19.1 Å². The van der Waals surface area contributed by atoms with Gasteiger partial charge in [-0.3, -0.25) is 4.79 Å². The lowest BCUT2D eigenvalue weighted by molar-refractivity contribution is 0.0981. The van der Waals surface area contributed by atoms with Crippen LogP contribution >= 0.6 is 0 Å². The van der Waals surface area contributed by atoms with Gasteiger partial charge in [-0.25, -0.2) is 9.71 Å². The number of hydrogen-bond donors (Lipinski definition) is 2. The van der Waals surface area contributed by atoms with Crippen molar-refractivity contribution in [2.45, 2.75) is 37.8 Å². The quantitative estimate of drug-likeness (QED) is 0.396. The zero-order valence-corrected chi connectivity index (χ0v) is 21.0. The number of H-pyrrole nitrogens is 1. The number of fused-ring (bicyclic) bond motifs is 1. The van der Waals surface area contributed by atoms with Crippen molar-refractivity contribution in [2.24, 2.45) is 5.92 Å². The third-order valence-corrected chi connectivity index (χ3v) is 8.18. The maximum Gasteiger partial charge on any atom is 0.281 e. The van der Waals surface area contributed by atoms with Gasteiger partial charge in [-0.05, 0) is 62.6 Å². The largest absolute Gasteiger partial charge is 0.438 e. The first-order valence-corrected chi connectivity index (χ1v) is 13.2. The lowest BCUT2D eigenvalue weighted by Gasteiger charge is -2.36. The van der Waals surface area contributed by atoms with Crippen molar-refractivity contribution < 1.29 is 17.9 Å². The molecule has 0 spiro atoms. The van der Waals surface area contributed by atoms with Crippen LogP contribution in [0.4, 0.5) is 5.82 Å². The Morgan fingerprint density at radius 1 is 1.14 bits per heavy atom. The molecule has 4 aromatic rings. The second-order valence-electron chi connectivity index (χ2n) is 9.42. The van der Waals surface area contributed by atoms with E-state index in [0.717, 1.165) is 23.9 Å². The van der Waals surface area contributed by atoms with Crippen molar-refractivity contribution in [1.29, 1.82) is 0 Å². The highest BCUT2D eigenvalue weighted by atomic mass is 32.2. The normalized spacial score (nSPS) is 17.3. The first kappa shape index (κ1) is 23.8. The van der Waals surface area contributed by atoms with E-state index >= 15 is 0 Å². The molecule has 1 saturated heterocycles. The van der Waals surface area contributed by atoms with Crippen molar-refractivity contribution >= 4 is 32.7 Å². The van der Waals surface area contributed by atoms with Crippen LogP contribution in [-0.4, -0.2) is 41.4 Å². The minimum atomic E-state index is -4.28. The van der Waals surface area contributed by atoms with Gasteiger partial charge >= 0.3 is 0 Å². The summed E-state index contributed by atoms with van der Waals surface area (Å²) in [6.07, 6.45) is 4.35. The Morgan fingerprint density at radius 3 is 2.72 bits per heavy atom. The molecule has 1 fully saturated rings. The summed E-state index contributed by atoms with van der Waals surface area (Å²) in [5.41, 5.74) is 0.846. The number of anilines is 1. The van der Waals surface area contributed by atoms with Crippen molar-refractivity contribution in [3.05, 3.63) is 72.6 Å². The minimum absolute atomic E-state index is 0.0916. The number of carbonyl (C=O) groups excluding carboxylic acids is 1. The Labute approximate surface area is 209 Å². The summed E-state index contributed by atoms with van der Waals surface area (Å²) in [6.45, 7) is 7.08. The predicted molar refractivity (Wildman–Crippen MR) is 137 cm³/mol. The van der Waals surface area contributed by atoms with Gasteiger partial charge in [0.25, 0.3) is 15.9 Å². The topological polar surface area (TPSA) is 117 Å². The van der Waals surface area contributed by atoms with Crippen LogP contribution in [-0.2, 0) is 10.0 Å². The summed E-state index contributed by atoms with van der Waals surface area (Å²) >= 11 is 0. The van der Waals surface area contributed by atoms with E-state index < -0.39 is 15.9 Å². The molecule has 5 rings (SSSR count). The van der Waals surface area contributed by atoms with Crippen LogP contribution < -0.4 is 14.4 Å². The van der Waals surface area contributed by atoms with Crippen LogP contribution in [0.5, 0.6) is 11.6 Å². The van der Waals surface area contributed by atoms with Crippen LogP contribution in [0.15, 0.2) is 72.0 Å². The monoisotopic (exact) mass is 505 g/mol. The molecule has 3 aromatic heterocycles. The second kappa shape index (κ2) is 8.94. The van der Waals surface area contributed by atoms with Gasteiger partial charge in [0.2, 0.25) is 5.88 Å². The predicted octanol–water partition coefficient (Wildman–Crippen LogP) is 4.49. The summed E-state index contributed by atoms with van der Waals surface area (Å²) in [6, 6.07) is 14.9. The van der Waals surface area contributed by atoms with E-state index in [1.807, 2.05) is 18.2 Å². The number of hydrogen-bond acceptors (Lipinski definition) is 7. The molecule has 1 amide bonds. The van der Waals surface area contributed by atoms with Gasteiger partial charge < -0.3 is 14.6 Å². The van der Waals surface area contributed by atoms with E-state index in [9.17, 15) is 13.2 Å². The summed E-state index contributed by atoms with van der Waals surface area (Å²) in [4.78, 5) is 26.9. The Kier molecular flexibility index (Phi) is 5.91. The molecule has 10 heteroatoms. The average molecular weight is 506 g/mol. The maximum atomic E-state index is 13.2. The van der Waals surface area contributed by atoms with Crippen LogP contribution in [0.3, 0.4) is 0 Å². The van der Waals surface area contributed by atoms with E-state index in [4.69, 9.17) is 4.74 Å². The zero-order valence-electron chi connectivity index (χ0n) is 20.2. The molecular formula is C26H27N5O4S. The van der Waals surface area contributed by atoms with Crippen LogP contribution in [0.1, 0.15) is 37.6 Å². The molecule has 1 aliphatic rings. The number of nitrogens with one attached hydrogen (secondary N) is 2. The fourth-order valence-corrected chi connectivity index (χ4v) is 5.41. The molecule has 1 unspecified atom stereocenters. The number of benzene rings is 1. The number of nitrogens with zero attached hydrogens (tertiary/aromatic N) is 3. The van der Waals surface area contributed by atoms with E-state index in [2.05, 4.69) is 45.3 Å². The molecule has 0 aliphatic carbocycles. The number of pyridine rings is 2. The lowest BCUT2D eigenvalue weighted by atomic mass is 9.90.